The van der Waals surface area contributed by atoms with Crippen molar-refractivity contribution in [3.8, 4) is 0 Å². The van der Waals surface area contributed by atoms with Gasteiger partial charge in [0, 0.05) is 13.0 Å². The first-order chi connectivity index (χ1) is 17.4. The van der Waals surface area contributed by atoms with Crippen molar-refractivity contribution in [2.45, 2.75) is 66.5 Å². The van der Waals surface area contributed by atoms with E-state index in [0.717, 1.165) is 16.3 Å². The Labute approximate surface area is 219 Å². The van der Waals surface area contributed by atoms with E-state index in [0.29, 0.717) is 19.6 Å². The third-order valence-corrected chi connectivity index (χ3v) is 5.53. The van der Waals surface area contributed by atoms with Gasteiger partial charge in [-0.25, -0.2) is 5.48 Å². The number of fused-ring (bicyclic) bond motifs is 1. The van der Waals surface area contributed by atoms with Crippen molar-refractivity contribution in [3.05, 3.63) is 48.0 Å². The average Bonchev–Trinajstić information content (AvgIpc) is 2.85. The zero-order valence-electron chi connectivity index (χ0n) is 22.8. The van der Waals surface area contributed by atoms with Crippen molar-refractivity contribution in [1.29, 1.82) is 0 Å². The van der Waals surface area contributed by atoms with Crippen LogP contribution in [-0.2, 0) is 25.5 Å². The lowest BCUT2D eigenvalue weighted by atomic mass is 9.85. The Bertz CT molecular complexity index is 1000. The maximum atomic E-state index is 13.1. The zero-order valence-corrected chi connectivity index (χ0v) is 22.8. The maximum Gasteiger partial charge on any atom is 0.244 e. The summed E-state index contributed by atoms with van der Waals surface area (Å²) in [6, 6.07) is 13.0. The number of nitrogens with one attached hydrogen (secondary N) is 3. The molecule has 0 aliphatic rings. The van der Waals surface area contributed by atoms with Crippen LogP contribution < -0.4 is 16.1 Å². The number of amides is 3. The third kappa shape index (κ3) is 11.7. The summed E-state index contributed by atoms with van der Waals surface area (Å²) in [7, 11) is 0. The first-order valence-electron chi connectivity index (χ1n) is 12.6. The van der Waals surface area contributed by atoms with E-state index in [1.54, 1.807) is 5.48 Å². The van der Waals surface area contributed by atoms with Crippen molar-refractivity contribution in [2.75, 3.05) is 19.8 Å². The minimum absolute atomic E-state index is 0.123. The van der Waals surface area contributed by atoms with E-state index in [1.165, 1.54) is 0 Å². The highest BCUT2D eigenvalue weighted by atomic mass is 16.5. The number of rotatable bonds is 11. The molecule has 2 aromatic carbocycles. The van der Waals surface area contributed by atoms with Crippen LogP contribution in [0.15, 0.2) is 42.5 Å². The Hall–Kier alpha value is -3.01. The summed E-state index contributed by atoms with van der Waals surface area (Å²) >= 11 is 0. The lowest BCUT2D eigenvalue weighted by Gasteiger charge is -2.31. The molecule has 0 aliphatic heterocycles. The van der Waals surface area contributed by atoms with Crippen molar-refractivity contribution in [1.82, 2.24) is 16.1 Å². The van der Waals surface area contributed by atoms with E-state index in [4.69, 9.17) is 15.1 Å². The van der Waals surface area contributed by atoms with Crippen molar-refractivity contribution in [3.63, 3.8) is 0 Å². The number of hydroxylamine groups is 1. The molecular weight excluding hydrogens is 474 g/mol. The monoisotopic (exact) mass is 517 g/mol. The van der Waals surface area contributed by atoms with Gasteiger partial charge >= 0.3 is 0 Å². The van der Waals surface area contributed by atoms with E-state index >= 15 is 0 Å². The lowest BCUT2D eigenvalue weighted by Crippen LogP contribution is -2.55. The molecule has 0 saturated heterocycles. The number of carbonyl (C=O) groups excluding carboxylic acids is 3. The summed E-state index contributed by atoms with van der Waals surface area (Å²) in [5.74, 6) is -2.06. The molecular formula is C28H43N3O6. The molecule has 0 fully saturated rings. The SMILES string of the molecule is CC(C)OCCO.CCNC(=O)[C@@H](NC(=O)C(CC(=O)NO)Cc1ccc2ccccc2c1)C(C)(C)C. The van der Waals surface area contributed by atoms with Crippen molar-refractivity contribution in [2.24, 2.45) is 11.3 Å². The molecule has 0 aromatic heterocycles. The van der Waals surface area contributed by atoms with Gasteiger partial charge in [0.25, 0.3) is 0 Å². The Kier molecular flexibility index (Phi) is 13.8. The Morgan fingerprint density at radius 3 is 2.16 bits per heavy atom. The van der Waals surface area contributed by atoms with Gasteiger partial charge in [0.05, 0.1) is 25.2 Å². The quantitative estimate of drug-likeness (QED) is 0.230. The van der Waals surface area contributed by atoms with Crippen LogP contribution in [0.25, 0.3) is 10.8 Å². The number of likely N-dealkylation sites (N-methyl/N-ethyl adjacent to an activating group) is 1. The summed E-state index contributed by atoms with van der Waals surface area (Å²) in [6.45, 7) is 12.3. The number of hydrogen-bond donors (Lipinski definition) is 5. The fraction of sp³-hybridized carbons (Fsp3) is 0.536. The highest BCUT2D eigenvalue weighted by Gasteiger charge is 2.34. The standard InChI is InChI=1S/C23H31N3O4.C5H12O2/c1-5-24-22(29)20(23(2,3)4)25-21(28)18(14-19(27)26-30)13-15-10-11-16-8-6-7-9-17(16)12-15;1-5(2)7-4-3-6/h6-12,18,20,30H,5,13-14H2,1-4H3,(H,24,29)(H,25,28)(H,26,27);5-6H,3-4H2,1-2H3/t18?,20-;/m1./s1. The molecule has 0 heterocycles. The van der Waals surface area contributed by atoms with Crippen LogP contribution in [-0.4, -0.2) is 59.9 Å². The Morgan fingerprint density at radius 2 is 1.65 bits per heavy atom. The molecule has 2 rings (SSSR count). The van der Waals surface area contributed by atoms with E-state index in [2.05, 4.69) is 10.6 Å². The summed E-state index contributed by atoms with van der Waals surface area (Å²) in [5.41, 5.74) is 1.98. The first-order valence-corrected chi connectivity index (χ1v) is 12.6. The molecule has 2 atom stereocenters. The molecule has 0 radical (unpaired) electrons. The van der Waals surface area contributed by atoms with Gasteiger partial charge < -0.3 is 20.5 Å². The molecule has 9 nitrogen and oxygen atoms in total. The van der Waals surface area contributed by atoms with Crippen LogP contribution >= 0.6 is 0 Å². The van der Waals surface area contributed by atoms with E-state index in [1.807, 2.05) is 84.0 Å². The summed E-state index contributed by atoms with van der Waals surface area (Å²) in [5, 5.41) is 24.8. The molecule has 0 aliphatic carbocycles. The molecule has 0 bridgehead atoms. The smallest absolute Gasteiger partial charge is 0.244 e. The highest BCUT2D eigenvalue weighted by molar-refractivity contribution is 5.91. The van der Waals surface area contributed by atoms with Crippen LogP contribution in [0.5, 0.6) is 0 Å². The van der Waals surface area contributed by atoms with Gasteiger partial charge in [-0.1, -0.05) is 63.2 Å². The Balaban J connectivity index is 0.000000856. The minimum Gasteiger partial charge on any atom is -0.394 e. The first kappa shape index (κ1) is 32.0. The summed E-state index contributed by atoms with van der Waals surface area (Å²) < 4.78 is 4.94. The fourth-order valence-electron chi connectivity index (χ4n) is 3.68. The second-order valence-electron chi connectivity index (χ2n) is 10.2. The summed E-state index contributed by atoms with van der Waals surface area (Å²) in [4.78, 5) is 37.4. The largest absolute Gasteiger partial charge is 0.394 e. The van der Waals surface area contributed by atoms with Crippen molar-refractivity contribution >= 4 is 28.5 Å². The van der Waals surface area contributed by atoms with Gasteiger partial charge in [0.2, 0.25) is 17.7 Å². The number of ether oxygens (including phenoxy) is 1. The molecule has 0 saturated carbocycles. The number of aliphatic hydroxyl groups is 1. The molecule has 37 heavy (non-hydrogen) atoms. The Morgan fingerprint density at radius 1 is 1.00 bits per heavy atom. The predicted molar refractivity (Wildman–Crippen MR) is 144 cm³/mol. The minimum atomic E-state index is -0.749. The van der Waals surface area contributed by atoms with E-state index in [9.17, 15) is 14.4 Å². The molecule has 1 unspecified atom stereocenters. The normalized spacial score (nSPS) is 12.8. The molecule has 206 valence electrons. The topological polar surface area (TPSA) is 137 Å². The van der Waals surface area contributed by atoms with Gasteiger partial charge in [0.1, 0.15) is 6.04 Å². The van der Waals surface area contributed by atoms with Gasteiger partial charge in [-0.15, -0.1) is 0 Å². The fourth-order valence-corrected chi connectivity index (χ4v) is 3.68. The second-order valence-corrected chi connectivity index (χ2v) is 10.2. The third-order valence-electron chi connectivity index (χ3n) is 5.53. The summed E-state index contributed by atoms with van der Waals surface area (Å²) in [6.07, 6.45) is 0.352. The molecule has 3 amide bonds. The zero-order chi connectivity index (χ0) is 28.0. The molecule has 9 heteroatoms. The number of carbonyl (C=O) groups is 3. The number of aliphatic hydroxyl groups excluding tert-OH is 1. The van der Waals surface area contributed by atoms with Gasteiger partial charge in [-0.2, -0.15) is 0 Å². The van der Waals surface area contributed by atoms with E-state index < -0.39 is 29.2 Å². The van der Waals surface area contributed by atoms with Crippen LogP contribution in [0.2, 0.25) is 0 Å². The van der Waals surface area contributed by atoms with Crippen LogP contribution in [0.4, 0.5) is 0 Å². The van der Waals surface area contributed by atoms with Crippen LogP contribution in [0.1, 0.15) is 53.5 Å². The van der Waals surface area contributed by atoms with E-state index in [-0.39, 0.29) is 25.0 Å². The predicted octanol–water partition coefficient (Wildman–Crippen LogP) is 2.96. The molecule has 0 spiro atoms. The van der Waals surface area contributed by atoms with Gasteiger partial charge in [0.15, 0.2) is 0 Å². The maximum absolute atomic E-state index is 13.1. The van der Waals surface area contributed by atoms with Crippen molar-refractivity contribution < 1.29 is 29.4 Å². The van der Waals surface area contributed by atoms with Crippen LogP contribution in [0, 0.1) is 11.3 Å². The highest BCUT2D eigenvalue weighted by Crippen LogP contribution is 2.23. The molecule has 5 N–H and O–H groups in total. The van der Waals surface area contributed by atoms with Gasteiger partial charge in [-0.3, -0.25) is 19.6 Å². The van der Waals surface area contributed by atoms with Crippen LogP contribution in [0.3, 0.4) is 0 Å². The number of hydrogen-bond acceptors (Lipinski definition) is 6. The number of benzene rings is 2. The second kappa shape index (κ2) is 16.0. The lowest BCUT2D eigenvalue weighted by molar-refractivity contribution is -0.137. The average molecular weight is 518 g/mol. The molecule has 2 aromatic rings. The van der Waals surface area contributed by atoms with Gasteiger partial charge in [-0.05, 0) is 48.9 Å².